The average molecular weight is 516 g/mol. The molecular weight excluding hydrogens is 500 g/mol. The molecule has 0 fully saturated rings. The van der Waals surface area contributed by atoms with Crippen molar-refractivity contribution in [2.24, 2.45) is 15.4 Å². The molecule has 1 aliphatic heterocycles. The van der Waals surface area contributed by atoms with Crippen molar-refractivity contribution in [3.63, 3.8) is 0 Å². The highest BCUT2D eigenvalue weighted by atomic mass is 79.9. The van der Waals surface area contributed by atoms with Crippen LogP contribution in [0.3, 0.4) is 0 Å². The molecule has 0 aromatic carbocycles. The van der Waals surface area contributed by atoms with Crippen LogP contribution in [-0.4, -0.2) is 20.2 Å². The second-order valence-electron chi connectivity index (χ2n) is 7.46. The molecule has 3 N–H and O–H groups in total. The van der Waals surface area contributed by atoms with Gasteiger partial charge in [0.05, 0.1) is 8.95 Å². The van der Waals surface area contributed by atoms with Gasteiger partial charge in [0.2, 0.25) is 0 Å². The molecule has 146 valence electrons. The Morgan fingerprint density at radius 3 is 2.62 bits per heavy atom. The summed E-state index contributed by atoms with van der Waals surface area (Å²) in [6.45, 7) is 6.15. The second kappa shape index (κ2) is 6.93. The van der Waals surface area contributed by atoms with Gasteiger partial charge >= 0.3 is 0 Å². The lowest BCUT2D eigenvalue weighted by Gasteiger charge is -2.29. The molecule has 29 heavy (non-hydrogen) atoms. The van der Waals surface area contributed by atoms with Crippen molar-refractivity contribution in [3.8, 4) is 6.07 Å². The smallest absolute Gasteiger partial charge is 0.178 e. The number of anilines is 2. The Kier molecular flexibility index (Phi) is 4.67. The van der Waals surface area contributed by atoms with E-state index in [1.165, 1.54) is 0 Å². The second-order valence-corrected chi connectivity index (χ2v) is 9.17. The predicted octanol–water partition coefficient (Wildman–Crippen LogP) is 4.44. The van der Waals surface area contributed by atoms with Crippen LogP contribution in [0.25, 0.3) is 5.65 Å². The number of nitrogens with zero attached hydrogens (tertiary/aromatic N) is 6. The summed E-state index contributed by atoms with van der Waals surface area (Å²) >= 11 is 7.13. The average Bonchev–Trinajstić information content (AvgIpc) is 2.64. The number of nitrogens with one attached hydrogen (secondary N) is 1. The molecule has 0 atom stereocenters. The molecule has 3 aromatic rings. The molecule has 10 heteroatoms. The summed E-state index contributed by atoms with van der Waals surface area (Å²) in [7, 11) is 0. The van der Waals surface area contributed by atoms with Crippen LogP contribution in [-0.2, 0) is 0 Å². The van der Waals surface area contributed by atoms with Gasteiger partial charge in [-0.3, -0.25) is 4.40 Å². The van der Waals surface area contributed by atoms with E-state index in [-0.39, 0.29) is 16.5 Å². The number of nitrogen functional groups attached to an aromatic ring is 1. The van der Waals surface area contributed by atoms with E-state index in [0.29, 0.717) is 28.9 Å². The molecule has 3 aromatic heterocycles. The molecule has 0 amide bonds. The minimum Gasteiger partial charge on any atom is -0.384 e. The van der Waals surface area contributed by atoms with Gasteiger partial charge in [-0.25, -0.2) is 20.0 Å². The number of aliphatic imine (C=N–C) groups is 1. The zero-order valence-electron chi connectivity index (χ0n) is 15.8. The molecule has 8 nitrogen and oxygen atoms in total. The maximum absolute atomic E-state index is 9.95. The summed E-state index contributed by atoms with van der Waals surface area (Å²) in [4.78, 5) is 18.1. The first-order chi connectivity index (χ1) is 13.7. The molecule has 4 rings (SSSR count). The number of hydrogen-bond donors (Lipinski definition) is 2. The van der Waals surface area contributed by atoms with Crippen molar-refractivity contribution in [3.05, 3.63) is 44.3 Å². The Labute approximate surface area is 183 Å². The fraction of sp³-hybridized carbons (Fsp3) is 0.211. The van der Waals surface area contributed by atoms with Gasteiger partial charge in [-0.05, 0) is 50.1 Å². The molecule has 0 spiro atoms. The summed E-state index contributed by atoms with van der Waals surface area (Å²) in [6.07, 6.45) is 0. The van der Waals surface area contributed by atoms with Crippen LogP contribution in [0.2, 0.25) is 0 Å². The minimum atomic E-state index is -0.264. The number of pyridine rings is 2. The van der Waals surface area contributed by atoms with Gasteiger partial charge in [-0.15, -0.1) is 0 Å². The summed E-state index contributed by atoms with van der Waals surface area (Å²) < 4.78 is 3.31. The van der Waals surface area contributed by atoms with E-state index in [0.717, 1.165) is 14.8 Å². The van der Waals surface area contributed by atoms with Crippen molar-refractivity contribution in [1.29, 1.82) is 5.26 Å². The van der Waals surface area contributed by atoms with Gasteiger partial charge in [-0.2, -0.15) is 5.26 Å². The lowest BCUT2D eigenvalue weighted by atomic mass is 9.94. The summed E-state index contributed by atoms with van der Waals surface area (Å²) in [6, 6.07) is 9.24. The minimum absolute atomic E-state index is 0.247. The monoisotopic (exact) mass is 514 g/mol. The first kappa shape index (κ1) is 19.5. The molecule has 0 unspecified atom stereocenters. The first-order valence-electron chi connectivity index (χ1n) is 8.67. The number of hydrogen-bond acceptors (Lipinski definition) is 7. The number of nitriles is 1. The summed E-state index contributed by atoms with van der Waals surface area (Å²) in [5.41, 5.74) is 6.61. The van der Waals surface area contributed by atoms with Gasteiger partial charge < -0.3 is 11.1 Å². The SMILES string of the molecule is CC(C)(C)C1=Nc2c(Br)cc(Br)c3n/c(=N/c4cccc(N)n4)c(C#N)c(n23)N1. The van der Waals surface area contributed by atoms with Crippen LogP contribution in [0.15, 0.2) is 43.2 Å². The van der Waals surface area contributed by atoms with Gasteiger partial charge in [0.25, 0.3) is 0 Å². The Morgan fingerprint density at radius 2 is 1.97 bits per heavy atom. The Bertz CT molecular complexity index is 1310. The largest absolute Gasteiger partial charge is 0.384 e. The van der Waals surface area contributed by atoms with Crippen LogP contribution in [0, 0.1) is 16.7 Å². The zero-order valence-corrected chi connectivity index (χ0v) is 19.0. The summed E-state index contributed by atoms with van der Waals surface area (Å²) in [5, 5.41) is 13.3. The fourth-order valence-electron chi connectivity index (χ4n) is 2.86. The van der Waals surface area contributed by atoms with E-state index in [1.54, 1.807) is 22.6 Å². The Hall–Kier alpha value is -2.77. The molecule has 0 saturated carbocycles. The standard InChI is InChI=1S/C19H16Br2N8/c1-19(2,3)18-27-15-9(8-22)14(25-13-6-4-5-12(23)24-13)26-16-10(20)7-11(21)17(28-18)29(15)16/h4-7H,1-3H3,(H2,23,24)(H,27,28)/b25-14+. The van der Waals surface area contributed by atoms with Crippen molar-refractivity contribution in [2.45, 2.75) is 20.8 Å². The van der Waals surface area contributed by atoms with Gasteiger partial charge in [0.15, 0.2) is 22.8 Å². The number of aromatic nitrogens is 3. The van der Waals surface area contributed by atoms with Crippen LogP contribution in [0.4, 0.5) is 23.3 Å². The maximum Gasteiger partial charge on any atom is 0.178 e. The zero-order chi connectivity index (χ0) is 20.9. The topological polar surface area (TPSA) is 117 Å². The van der Waals surface area contributed by atoms with Crippen LogP contribution < -0.4 is 16.5 Å². The lowest BCUT2D eigenvalue weighted by molar-refractivity contribution is 0.587. The number of nitrogens with two attached hydrogens (primary N) is 1. The van der Waals surface area contributed by atoms with Crippen LogP contribution in [0.1, 0.15) is 26.3 Å². The van der Waals surface area contributed by atoms with Crippen molar-refractivity contribution in [1.82, 2.24) is 14.4 Å². The van der Waals surface area contributed by atoms with E-state index in [9.17, 15) is 5.26 Å². The van der Waals surface area contributed by atoms with Crippen LogP contribution in [0.5, 0.6) is 0 Å². The highest BCUT2D eigenvalue weighted by Crippen LogP contribution is 2.38. The van der Waals surface area contributed by atoms with Crippen LogP contribution >= 0.6 is 31.9 Å². The van der Waals surface area contributed by atoms with E-state index in [4.69, 9.17) is 10.7 Å². The van der Waals surface area contributed by atoms with Gasteiger partial charge in [-0.1, -0.05) is 26.8 Å². The fourth-order valence-corrected chi connectivity index (χ4v) is 4.16. The normalized spacial score (nSPS) is 13.8. The number of halogens is 2. The lowest BCUT2D eigenvalue weighted by Crippen LogP contribution is -2.33. The quantitative estimate of drug-likeness (QED) is 0.496. The maximum atomic E-state index is 9.95. The van der Waals surface area contributed by atoms with E-state index < -0.39 is 0 Å². The van der Waals surface area contributed by atoms with E-state index >= 15 is 0 Å². The highest BCUT2D eigenvalue weighted by molar-refractivity contribution is 9.11. The highest BCUT2D eigenvalue weighted by Gasteiger charge is 2.28. The Morgan fingerprint density at radius 1 is 1.21 bits per heavy atom. The molecule has 1 aliphatic rings. The number of amidine groups is 1. The van der Waals surface area contributed by atoms with Gasteiger partial charge in [0.1, 0.15) is 29.1 Å². The molecule has 0 bridgehead atoms. The Balaban J connectivity index is 2.13. The third kappa shape index (κ3) is 3.41. The third-order valence-electron chi connectivity index (χ3n) is 4.25. The molecule has 0 radical (unpaired) electrons. The van der Waals surface area contributed by atoms with Crippen molar-refractivity contribution in [2.75, 3.05) is 11.1 Å². The van der Waals surface area contributed by atoms with E-state index in [1.807, 2.05) is 26.8 Å². The summed E-state index contributed by atoms with van der Waals surface area (Å²) in [5.74, 6) is 2.66. The molecule has 4 heterocycles. The molecule has 0 aliphatic carbocycles. The van der Waals surface area contributed by atoms with Gasteiger partial charge in [0, 0.05) is 5.41 Å². The molecule has 0 saturated heterocycles. The van der Waals surface area contributed by atoms with E-state index in [2.05, 4.69) is 58.2 Å². The predicted molar refractivity (Wildman–Crippen MR) is 119 cm³/mol. The third-order valence-corrected chi connectivity index (χ3v) is 5.42. The van der Waals surface area contributed by atoms with Crippen molar-refractivity contribution < 1.29 is 0 Å². The van der Waals surface area contributed by atoms with Crippen molar-refractivity contribution >= 4 is 66.6 Å². The molecular formula is C19H16Br2N8. The first-order valence-corrected chi connectivity index (χ1v) is 10.3. The number of rotatable bonds is 1.